The van der Waals surface area contributed by atoms with Crippen molar-refractivity contribution in [2.45, 2.75) is 26.4 Å². The van der Waals surface area contributed by atoms with Gasteiger partial charge in [0.15, 0.2) is 5.96 Å². The Balaban J connectivity index is 1.58. The molecule has 0 radical (unpaired) electrons. The number of guanidine groups is 1. The third kappa shape index (κ3) is 7.04. The monoisotopic (exact) mass is 410 g/mol. The van der Waals surface area contributed by atoms with E-state index in [0.29, 0.717) is 13.2 Å². The fourth-order valence-electron chi connectivity index (χ4n) is 3.40. The van der Waals surface area contributed by atoms with E-state index in [2.05, 4.69) is 59.7 Å². The summed E-state index contributed by atoms with van der Waals surface area (Å²) in [7, 11) is 0. The maximum atomic E-state index is 6.09. The van der Waals surface area contributed by atoms with Gasteiger partial charge in [-0.2, -0.15) is 0 Å². The van der Waals surface area contributed by atoms with E-state index in [1.807, 2.05) is 24.3 Å². The molecule has 6 nitrogen and oxygen atoms in total. The smallest absolute Gasteiger partial charge is 0.192 e. The van der Waals surface area contributed by atoms with Crippen LogP contribution in [0.25, 0.3) is 0 Å². The number of morpholine rings is 1. The minimum atomic E-state index is 0.170. The maximum Gasteiger partial charge on any atom is 0.192 e. The van der Waals surface area contributed by atoms with Gasteiger partial charge in [-0.25, -0.2) is 4.99 Å². The Hall–Kier alpha value is -2.57. The second kappa shape index (κ2) is 12.2. The summed E-state index contributed by atoms with van der Waals surface area (Å²) in [6, 6.07) is 18.7. The van der Waals surface area contributed by atoms with Gasteiger partial charge < -0.3 is 20.1 Å². The molecule has 6 heteroatoms. The summed E-state index contributed by atoms with van der Waals surface area (Å²) in [5, 5.41) is 6.83. The van der Waals surface area contributed by atoms with Crippen LogP contribution in [0.15, 0.2) is 59.6 Å². The zero-order chi connectivity index (χ0) is 21.0. The van der Waals surface area contributed by atoms with Crippen molar-refractivity contribution >= 4 is 5.96 Å². The third-order valence-electron chi connectivity index (χ3n) is 5.15. The Labute approximate surface area is 180 Å². The van der Waals surface area contributed by atoms with Crippen molar-refractivity contribution in [1.29, 1.82) is 0 Å². The molecule has 1 saturated heterocycles. The Kier molecular flexibility index (Phi) is 9.00. The number of nitrogens with one attached hydrogen (secondary N) is 2. The van der Waals surface area contributed by atoms with E-state index in [0.717, 1.165) is 56.7 Å². The first-order valence-electron chi connectivity index (χ1n) is 10.9. The molecule has 2 aromatic carbocycles. The van der Waals surface area contributed by atoms with Crippen LogP contribution >= 0.6 is 0 Å². The van der Waals surface area contributed by atoms with E-state index < -0.39 is 0 Å². The molecule has 0 bridgehead atoms. The molecule has 1 aliphatic rings. The Morgan fingerprint density at radius 2 is 1.83 bits per heavy atom. The molecule has 1 aliphatic heterocycles. The van der Waals surface area contributed by atoms with Crippen LogP contribution in [0.4, 0.5) is 0 Å². The topological polar surface area (TPSA) is 58.1 Å². The second-order valence-corrected chi connectivity index (χ2v) is 7.38. The van der Waals surface area contributed by atoms with Crippen LogP contribution in [0.3, 0.4) is 0 Å². The van der Waals surface area contributed by atoms with Crippen molar-refractivity contribution in [2.24, 2.45) is 4.99 Å². The number of aliphatic imine (C=N–C) groups is 1. The highest BCUT2D eigenvalue weighted by molar-refractivity contribution is 5.80. The number of ether oxygens (including phenoxy) is 2. The zero-order valence-corrected chi connectivity index (χ0v) is 18.1. The molecule has 0 aliphatic carbocycles. The molecule has 2 N–H and O–H groups in total. The molecule has 2 aromatic rings. The van der Waals surface area contributed by atoms with Gasteiger partial charge in [0.1, 0.15) is 12.4 Å². The maximum absolute atomic E-state index is 6.09. The van der Waals surface area contributed by atoms with Crippen molar-refractivity contribution in [3.8, 4) is 5.75 Å². The molecule has 1 fully saturated rings. The molecular weight excluding hydrogens is 376 g/mol. The molecule has 1 atom stereocenters. The minimum Gasteiger partial charge on any atom is -0.492 e. The Bertz CT molecular complexity index is 776. The zero-order valence-electron chi connectivity index (χ0n) is 18.1. The van der Waals surface area contributed by atoms with Gasteiger partial charge in [0, 0.05) is 31.7 Å². The predicted molar refractivity (Wildman–Crippen MR) is 122 cm³/mol. The fraction of sp³-hybridized carbons (Fsp3) is 0.458. The molecule has 0 amide bonds. The highest BCUT2D eigenvalue weighted by atomic mass is 16.5. The molecular formula is C24H34N4O2. The summed E-state index contributed by atoms with van der Waals surface area (Å²) in [4.78, 5) is 7.17. The second-order valence-electron chi connectivity index (χ2n) is 7.38. The number of rotatable bonds is 9. The standard InChI is InChI=1S/C24H34N4O2/c1-3-25-24(27-20(2)21-9-5-4-6-10-21)26-19-22-11-7-8-12-23(22)30-18-15-28-13-16-29-17-14-28/h4-12,20H,3,13-19H2,1-2H3,(H2,25,26,27). The summed E-state index contributed by atoms with van der Waals surface area (Å²) >= 11 is 0. The summed E-state index contributed by atoms with van der Waals surface area (Å²) in [5.41, 5.74) is 2.32. The van der Waals surface area contributed by atoms with Crippen molar-refractivity contribution < 1.29 is 9.47 Å². The lowest BCUT2D eigenvalue weighted by molar-refractivity contribution is 0.0322. The van der Waals surface area contributed by atoms with Crippen molar-refractivity contribution in [1.82, 2.24) is 15.5 Å². The molecule has 0 saturated carbocycles. The summed E-state index contributed by atoms with van der Waals surface area (Å²) in [6.07, 6.45) is 0. The van der Waals surface area contributed by atoms with Crippen LogP contribution < -0.4 is 15.4 Å². The van der Waals surface area contributed by atoms with Gasteiger partial charge in [-0.15, -0.1) is 0 Å². The lowest BCUT2D eigenvalue weighted by Gasteiger charge is -2.26. The van der Waals surface area contributed by atoms with Gasteiger partial charge in [0.2, 0.25) is 0 Å². The normalized spacial score (nSPS) is 16.1. The summed E-state index contributed by atoms with van der Waals surface area (Å²) in [5.74, 6) is 1.71. The summed E-state index contributed by atoms with van der Waals surface area (Å²) in [6.45, 7) is 10.8. The van der Waals surface area contributed by atoms with E-state index in [1.54, 1.807) is 0 Å². The van der Waals surface area contributed by atoms with Crippen LogP contribution in [0.2, 0.25) is 0 Å². The highest BCUT2D eigenvalue weighted by Crippen LogP contribution is 2.19. The first-order valence-corrected chi connectivity index (χ1v) is 10.9. The van der Waals surface area contributed by atoms with Crippen molar-refractivity contribution in [3.05, 3.63) is 65.7 Å². The number of hydrogen-bond acceptors (Lipinski definition) is 4. The molecule has 1 heterocycles. The quantitative estimate of drug-likeness (QED) is 0.491. The van der Waals surface area contributed by atoms with Gasteiger partial charge in [0.25, 0.3) is 0 Å². The van der Waals surface area contributed by atoms with Gasteiger partial charge in [-0.05, 0) is 25.5 Å². The largest absolute Gasteiger partial charge is 0.492 e. The summed E-state index contributed by atoms with van der Waals surface area (Å²) < 4.78 is 11.5. The molecule has 1 unspecified atom stereocenters. The number of benzene rings is 2. The van der Waals surface area contributed by atoms with Crippen LogP contribution in [0.5, 0.6) is 5.75 Å². The van der Waals surface area contributed by atoms with Gasteiger partial charge in [-0.1, -0.05) is 48.5 Å². The van der Waals surface area contributed by atoms with Crippen LogP contribution in [-0.4, -0.2) is 56.9 Å². The minimum absolute atomic E-state index is 0.170. The lowest BCUT2D eigenvalue weighted by atomic mass is 10.1. The van der Waals surface area contributed by atoms with E-state index in [9.17, 15) is 0 Å². The van der Waals surface area contributed by atoms with Gasteiger partial charge in [0.05, 0.1) is 25.8 Å². The number of hydrogen-bond donors (Lipinski definition) is 2. The molecule has 3 rings (SSSR count). The van der Waals surface area contributed by atoms with Crippen LogP contribution in [0.1, 0.15) is 31.0 Å². The molecule has 0 spiro atoms. The third-order valence-corrected chi connectivity index (χ3v) is 5.15. The van der Waals surface area contributed by atoms with E-state index in [1.165, 1.54) is 5.56 Å². The Morgan fingerprint density at radius 1 is 1.10 bits per heavy atom. The predicted octanol–water partition coefficient (Wildman–Crippen LogP) is 3.21. The SMILES string of the molecule is CCNC(=NCc1ccccc1OCCN1CCOCC1)NC(C)c1ccccc1. The number of para-hydroxylation sites is 1. The lowest BCUT2D eigenvalue weighted by Crippen LogP contribution is -2.38. The first kappa shape index (κ1) is 22.1. The Morgan fingerprint density at radius 3 is 2.60 bits per heavy atom. The van der Waals surface area contributed by atoms with Crippen molar-refractivity contribution in [2.75, 3.05) is 46.0 Å². The van der Waals surface area contributed by atoms with Crippen LogP contribution in [0, 0.1) is 0 Å². The average molecular weight is 411 g/mol. The van der Waals surface area contributed by atoms with E-state index in [4.69, 9.17) is 14.5 Å². The van der Waals surface area contributed by atoms with Gasteiger partial charge >= 0.3 is 0 Å². The van der Waals surface area contributed by atoms with E-state index in [-0.39, 0.29) is 6.04 Å². The van der Waals surface area contributed by atoms with E-state index >= 15 is 0 Å². The molecule has 0 aromatic heterocycles. The highest BCUT2D eigenvalue weighted by Gasteiger charge is 2.11. The van der Waals surface area contributed by atoms with Gasteiger partial charge in [-0.3, -0.25) is 4.90 Å². The molecule has 162 valence electrons. The first-order chi connectivity index (χ1) is 14.8. The number of nitrogens with zero attached hydrogens (tertiary/aromatic N) is 2. The van der Waals surface area contributed by atoms with Crippen LogP contribution in [-0.2, 0) is 11.3 Å². The average Bonchev–Trinajstić information content (AvgIpc) is 2.79. The van der Waals surface area contributed by atoms with Crippen molar-refractivity contribution in [3.63, 3.8) is 0 Å². The fourth-order valence-corrected chi connectivity index (χ4v) is 3.40. The molecule has 30 heavy (non-hydrogen) atoms.